The highest BCUT2D eigenvalue weighted by Crippen LogP contribution is 2.21. The van der Waals surface area contributed by atoms with Crippen molar-refractivity contribution in [2.45, 2.75) is 34.1 Å². The molecule has 0 saturated heterocycles. The van der Waals surface area contributed by atoms with E-state index >= 15 is 0 Å². The molecule has 1 aromatic heterocycles. The molecule has 1 heterocycles. The predicted octanol–water partition coefficient (Wildman–Crippen LogP) is 2.54. The van der Waals surface area contributed by atoms with Crippen LogP contribution in [0.15, 0.2) is 6.33 Å². The van der Waals surface area contributed by atoms with Crippen molar-refractivity contribution in [3.63, 3.8) is 0 Å². The Morgan fingerprint density at radius 3 is 2.31 bits per heavy atom. The van der Waals surface area contributed by atoms with Gasteiger partial charge in [-0.3, -0.25) is 0 Å². The van der Waals surface area contributed by atoms with Gasteiger partial charge in [0.15, 0.2) is 0 Å². The largest absolute Gasteiger partial charge is 0.373 e. The molecule has 0 atom stereocenters. The Kier molecular flexibility index (Phi) is 4.10. The fraction of sp³-hybridized carbons (Fsp3) is 0.667. The predicted molar refractivity (Wildman–Crippen MR) is 68.9 cm³/mol. The summed E-state index contributed by atoms with van der Waals surface area (Å²) in [7, 11) is 1.88. The number of hydrogen-bond acceptors (Lipinski definition) is 4. The molecule has 1 rings (SSSR count). The summed E-state index contributed by atoms with van der Waals surface area (Å²) in [5.41, 5.74) is 1.39. The molecule has 4 nitrogen and oxygen atoms in total. The van der Waals surface area contributed by atoms with Gasteiger partial charge >= 0.3 is 0 Å². The first-order chi connectivity index (χ1) is 7.48. The van der Waals surface area contributed by atoms with E-state index in [0.29, 0.717) is 0 Å². The van der Waals surface area contributed by atoms with Gasteiger partial charge in [-0.15, -0.1) is 0 Å². The zero-order chi connectivity index (χ0) is 12.2. The Morgan fingerprint density at radius 1 is 1.19 bits per heavy atom. The highest BCUT2D eigenvalue weighted by molar-refractivity contribution is 5.57. The third-order valence-corrected chi connectivity index (χ3v) is 2.32. The summed E-state index contributed by atoms with van der Waals surface area (Å²) in [6, 6.07) is 0. The Labute approximate surface area is 97.9 Å². The van der Waals surface area contributed by atoms with Gasteiger partial charge in [-0.05, 0) is 11.8 Å². The van der Waals surface area contributed by atoms with Gasteiger partial charge in [0.2, 0.25) is 0 Å². The summed E-state index contributed by atoms with van der Waals surface area (Å²) >= 11 is 0. The molecule has 0 saturated carbocycles. The van der Waals surface area contributed by atoms with Crippen LogP contribution >= 0.6 is 0 Å². The lowest BCUT2D eigenvalue weighted by atomic mass is 9.97. The highest BCUT2D eigenvalue weighted by Gasteiger charge is 2.13. The molecule has 0 aliphatic carbocycles. The molecule has 0 spiro atoms. The Hall–Kier alpha value is -1.32. The minimum Gasteiger partial charge on any atom is -0.373 e. The van der Waals surface area contributed by atoms with Crippen molar-refractivity contribution in [2.24, 2.45) is 5.41 Å². The van der Waals surface area contributed by atoms with Crippen molar-refractivity contribution < 1.29 is 0 Å². The van der Waals surface area contributed by atoms with Gasteiger partial charge in [0, 0.05) is 19.2 Å². The lowest BCUT2D eigenvalue weighted by Gasteiger charge is -2.20. The molecule has 0 aromatic carbocycles. The summed E-state index contributed by atoms with van der Waals surface area (Å²) in [6.07, 6.45) is 2.51. The minimum absolute atomic E-state index is 0.246. The van der Waals surface area contributed by atoms with Crippen LogP contribution in [0.5, 0.6) is 0 Å². The second-order valence-corrected chi connectivity index (χ2v) is 5.07. The number of hydrogen-bond donors (Lipinski definition) is 2. The van der Waals surface area contributed by atoms with E-state index in [0.717, 1.165) is 30.2 Å². The third-order valence-electron chi connectivity index (χ3n) is 2.32. The van der Waals surface area contributed by atoms with E-state index in [4.69, 9.17) is 0 Å². The first kappa shape index (κ1) is 12.7. The highest BCUT2D eigenvalue weighted by atomic mass is 15.1. The molecule has 0 fully saturated rings. The molecule has 0 aliphatic rings. The van der Waals surface area contributed by atoms with Crippen molar-refractivity contribution in [3.8, 4) is 0 Å². The first-order valence-corrected chi connectivity index (χ1v) is 5.73. The van der Waals surface area contributed by atoms with Crippen LogP contribution < -0.4 is 10.6 Å². The molecule has 1 aromatic rings. The second-order valence-electron chi connectivity index (χ2n) is 5.07. The fourth-order valence-electron chi connectivity index (χ4n) is 1.46. The van der Waals surface area contributed by atoms with E-state index in [1.54, 1.807) is 6.33 Å². The average Bonchev–Trinajstić information content (AvgIpc) is 2.24. The number of aromatic nitrogens is 2. The van der Waals surface area contributed by atoms with Gasteiger partial charge in [0.25, 0.3) is 0 Å². The van der Waals surface area contributed by atoms with Gasteiger partial charge in [-0.2, -0.15) is 0 Å². The Morgan fingerprint density at radius 2 is 1.81 bits per heavy atom. The van der Waals surface area contributed by atoms with E-state index < -0.39 is 0 Å². The summed E-state index contributed by atoms with van der Waals surface area (Å²) in [4.78, 5) is 8.51. The number of anilines is 2. The van der Waals surface area contributed by atoms with E-state index in [-0.39, 0.29) is 5.41 Å². The zero-order valence-electron chi connectivity index (χ0n) is 10.9. The lowest BCUT2D eigenvalue weighted by molar-refractivity contribution is 0.442. The summed E-state index contributed by atoms with van der Waals surface area (Å²) in [6.45, 7) is 9.62. The van der Waals surface area contributed by atoms with Crippen molar-refractivity contribution >= 4 is 11.6 Å². The monoisotopic (exact) mass is 222 g/mol. The van der Waals surface area contributed by atoms with Crippen molar-refractivity contribution in [1.82, 2.24) is 9.97 Å². The lowest BCUT2D eigenvalue weighted by Crippen LogP contribution is -2.20. The molecule has 0 bridgehead atoms. The Bertz CT molecular complexity index is 341. The van der Waals surface area contributed by atoms with Gasteiger partial charge in [-0.1, -0.05) is 27.7 Å². The maximum absolute atomic E-state index is 4.30. The minimum atomic E-state index is 0.246. The van der Waals surface area contributed by atoms with Crippen LogP contribution in [0.2, 0.25) is 0 Å². The van der Waals surface area contributed by atoms with Crippen LogP contribution in [0.4, 0.5) is 11.6 Å². The van der Waals surface area contributed by atoms with Crippen LogP contribution in [-0.2, 0) is 6.42 Å². The zero-order valence-corrected chi connectivity index (χ0v) is 10.9. The molecule has 2 N–H and O–H groups in total. The quantitative estimate of drug-likeness (QED) is 0.822. The normalized spacial score (nSPS) is 11.3. The molecular weight excluding hydrogens is 200 g/mol. The van der Waals surface area contributed by atoms with Crippen LogP contribution in [0.25, 0.3) is 0 Å². The SMILES string of the molecule is CCc1c(NC)ncnc1NCC(C)(C)C. The van der Waals surface area contributed by atoms with Gasteiger partial charge < -0.3 is 10.6 Å². The fourth-order valence-corrected chi connectivity index (χ4v) is 1.46. The summed E-state index contributed by atoms with van der Waals surface area (Å²) < 4.78 is 0. The van der Waals surface area contributed by atoms with Gasteiger partial charge in [-0.25, -0.2) is 9.97 Å². The van der Waals surface area contributed by atoms with E-state index in [9.17, 15) is 0 Å². The molecular formula is C12H22N4. The van der Waals surface area contributed by atoms with Crippen LogP contribution in [0.3, 0.4) is 0 Å². The number of nitrogens with one attached hydrogen (secondary N) is 2. The van der Waals surface area contributed by atoms with Gasteiger partial charge in [0.1, 0.15) is 18.0 Å². The molecule has 16 heavy (non-hydrogen) atoms. The first-order valence-electron chi connectivity index (χ1n) is 5.73. The van der Waals surface area contributed by atoms with E-state index in [2.05, 4.69) is 48.3 Å². The standard InChI is InChI=1S/C12H22N4/c1-6-9-10(13-5)15-8-16-11(9)14-7-12(2,3)4/h8H,6-7H2,1-5H3,(H2,13,14,15,16). The molecule has 0 amide bonds. The maximum atomic E-state index is 4.30. The van der Waals surface area contributed by atoms with Crippen LogP contribution in [-0.4, -0.2) is 23.6 Å². The molecule has 0 unspecified atom stereocenters. The summed E-state index contributed by atoms with van der Waals surface area (Å²) in [5.74, 6) is 1.85. The van der Waals surface area contributed by atoms with Crippen molar-refractivity contribution in [2.75, 3.05) is 24.2 Å². The maximum Gasteiger partial charge on any atom is 0.134 e. The van der Waals surface area contributed by atoms with Crippen molar-refractivity contribution in [3.05, 3.63) is 11.9 Å². The molecule has 0 radical (unpaired) electrons. The Balaban J connectivity index is 2.87. The van der Waals surface area contributed by atoms with Crippen LogP contribution in [0, 0.1) is 5.41 Å². The number of nitrogens with zero attached hydrogens (tertiary/aromatic N) is 2. The molecule has 4 heteroatoms. The number of rotatable bonds is 4. The van der Waals surface area contributed by atoms with Gasteiger partial charge in [0.05, 0.1) is 0 Å². The second kappa shape index (κ2) is 5.14. The van der Waals surface area contributed by atoms with E-state index in [1.165, 1.54) is 0 Å². The topological polar surface area (TPSA) is 49.8 Å². The molecule has 0 aliphatic heterocycles. The van der Waals surface area contributed by atoms with E-state index in [1.807, 2.05) is 7.05 Å². The van der Waals surface area contributed by atoms with Crippen LogP contribution in [0.1, 0.15) is 33.3 Å². The molecule has 90 valence electrons. The third kappa shape index (κ3) is 3.36. The average molecular weight is 222 g/mol. The van der Waals surface area contributed by atoms with Crippen molar-refractivity contribution in [1.29, 1.82) is 0 Å². The smallest absolute Gasteiger partial charge is 0.134 e. The summed E-state index contributed by atoms with van der Waals surface area (Å²) in [5, 5.41) is 6.48.